The molecule has 0 unspecified atom stereocenters. The Morgan fingerprint density at radius 3 is 2.47 bits per heavy atom. The SMILES string of the molecule is CCCc1cnc(N2CC[C@H](Oc3cc[nH]c(=O)c3-c3ccc(S(C)(=O)=O)cc3)C[C@H]2C)nc1. The van der Waals surface area contributed by atoms with E-state index in [1.807, 2.05) is 12.4 Å². The molecule has 0 saturated carbocycles. The van der Waals surface area contributed by atoms with Crippen molar-refractivity contribution in [2.24, 2.45) is 0 Å². The quantitative estimate of drug-likeness (QED) is 0.548. The maximum absolute atomic E-state index is 12.7. The molecule has 1 aliphatic rings. The Hall–Kier alpha value is -3.20. The van der Waals surface area contributed by atoms with E-state index in [0.717, 1.165) is 50.0 Å². The molecule has 0 amide bonds. The zero-order valence-corrected chi connectivity index (χ0v) is 20.5. The van der Waals surface area contributed by atoms with Gasteiger partial charge in [0.15, 0.2) is 9.84 Å². The molecule has 1 N–H and O–H groups in total. The van der Waals surface area contributed by atoms with E-state index in [4.69, 9.17) is 4.74 Å². The summed E-state index contributed by atoms with van der Waals surface area (Å²) in [5.41, 5.74) is 1.86. The number of piperidine rings is 1. The Kier molecular flexibility index (Phi) is 7.02. The third kappa shape index (κ3) is 5.30. The summed E-state index contributed by atoms with van der Waals surface area (Å²) < 4.78 is 29.9. The standard InChI is InChI=1S/C25H30N4O4S/c1-4-5-18-15-27-25(28-16-18)29-13-11-20(14-17(29)2)33-22-10-12-26-24(30)23(22)19-6-8-21(9-7-19)34(3,31)32/h6-10,12,15-17,20H,4-5,11,13-14H2,1-3H3,(H,26,30)/t17-,20+/m1/s1. The van der Waals surface area contributed by atoms with Gasteiger partial charge in [-0.25, -0.2) is 18.4 Å². The summed E-state index contributed by atoms with van der Waals surface area (Å²) in [7, 11) is -3.32. The van der Waals surface area contributed by atoms with Crippen LogP contribution in [0.5, 0.6) is 5.75 Å². The van der Waals surface area contributed by atoms with E-state index in [1.165, 1.54) is 12.1 Å². The summed E-state index contributed by atoms with van der Waals surface area (Å²) in [5.74, 6) is 1.22. The number of hydrogen-bond acceptors (Lipinski definition) is 7. The number of sulfone groups is 1. The van der Waals surface area contributed by atoms with Gasteiger partial charge in [-0.2, -0.15) is 0 Å². The number of anilines is 1. The predicted molar refractivity (Wildman–Crippen MR) is 132 cm³/mol. The fraction of sp³-hybridized carbons (Fsp3) is 0.400. The molecular formula is C25H30N4O4S. The van der Waals surface area contributed by atoms with Crippen molar-refractivity contribution in [2.45, 2.75) is 56.6 Å². The molecule has 3 aromatic rings. The van der Waals surface area contributed by atoms with E-state index in [-0.39, 0.29) is 22.6 Å². The minimum atomic E-state index is -3.32. The predicted octanol–water partition coefficient (Wildman–Crippen LogP) is 3.62. The highest BCUT2D eigenvalue weighted by Gasteiger charge is 2.29. The van der Waals surface area contributed by atoms with Crippen LogP contribution in [0.4, 0.5) is 5.95 Å². The first-order valence-electron chi connectivity index (χ1n) is 11.5. The van der Waals surface area contributed by atoms with E-state index in [0.29, 0.717) is 16.9 Å². The van der Waals surface area contributed by atoms with Crippen LogP contribution in [-0.4, -0.2) is 48.3 Å². The Morgan fingerprint density at radius 1 is 1.15 bits per heavy atom. The van der Waals surface area contributed by atoms with Gasteiger partial charge in [-0.3, -0.25) is 4.79 Å². The molecule has 0 radical (unpaired) electrons. The van der Waals surface area contributed by atoms with Crippen LogP contribution in [0.25, 0.3) is 11.1 Å². The first-order valence-corrected chi connectivity index (χ1v) is 13.4. The fourth-order valence-electron chi connectivity index (χ4n) is 4.33. The number of aromatic nitrogens is 3. The van der Waals surface area contributed by atoms with Crippen molar-refractivity contribution in [3.63, 3.8) is 0 Å². The topological polar surface area (TPSA) is 105 Å². The largest absolute Gasteiger partial charge is 0.489 e. The van der Waals surface area contributed by atoms with Gasteiger partial charge >= 0.3 is 0 Å². The third-order valence-corrected chi connectivity index (χ3v) is 7.23. The van der Waals surface area contributed by atoms with E-state index in [1.54, 1.807) is 24.4 Å². The van der Waals surface area contributed by atoms with Gasteiger partial charge in [0.25, 0.3) is 5.56 Å². The summed E-state index contributed by atoms with van der Waals surface area (Å²) >= 11 is 0. The molecule has 4 rings (SSSR count). The maximum Gasteiger partial charge on any atom is 0.259 e. The van der Waals surface area contributed by atoms with Gasteiger partial charge < -0.3 is 14.6 Å². The first-order chi connectivity index (χ1) is 16.3. The van der Waals surface area contributed by atoms with Crippen molar-refractivity contribution < 1.29 is 13.2 Å². The van der Waals surface area contributed by atoms with Crippen LogP contribution in [-0.2, 0) is 16.3 Å². The molecular weight excluding hydrogens is 452 g/mol. The normalized spacial score (nSPS) is 18.6. The number of aryl methyl sites for hydroxylation is 1. The summed E-state index contributed by atoms with van der Waals surface area (Å²) in [4.78, 5) is 26.9. The highest BCUT2D eigenvalue weighted by atomic mass is 32.2. The van der Waals surface area contributed by atoms with Gasteiger partial charge in [-0.15, -0.1) is 0 Å². The van der Waals surface area contributed by atoms with Gasteiger partial charge in [0.1, 0.15) is 11.9 Å². The molecule has 0 aliphatic carbocycles. The van der Waals surface area contributed by atoms with Crippen molar-refractivity contribution >= 4 is 15.8 Å². The second-order valence-electron chi connectivity index (χ2n) is 8.79. The number of nitrogens with zero attached hydrogens (tertiary/aromatic N) is 3. The fourth-order valence-corrected chi connectivity index (χ4v) is 4.96. The van der Waals surface area contributed by atoms with Crippen LogP contribution in [0, 0.1) is 0 Å². The summed E-state index contributed by atoms with van der Waals surface area (Å²) in [6, 6.07) is 8.21. The molecule has 1 aliphatic heterocycles. The van der Waals surface area contributed by atoms with Crippen LogP contribution in [0.3, 0.4) is 0 Å². The van der Waals surface area contributed by atoms with Crippen LogP contribution < -0.4 is 15.2 Å². The van der Waals surface area contributed by atoms with Crippen molar-refractivity contribution in [2.75, 3.05) is 17.7 Å². The monoisotopic (exact) mass is 482 g/mol. The number of aromatic amines is 1. The number of benzene rings is 1. The lowest BCUT2D eigenvalue weighted by molar-refractivity contribution is 0.155. The van der Waals surface area contributed by atoms with E-state index in [9.17, 15) is 13.2 Å². The molecule has 0 bridgehead atoms. The van der Waals surface area contributed by atoms with Crippen molar-refractivity contribution in [3.05, 3.63) is 64.8 Å². The van der Waals surface area contributed by atoms with Gasteiger partial charge in [-0.05, 0) is 42.7 Å². The molecule has 34 heavy (non-hydrogen) atoms. The molecule has 180 valence electrons. The van der Waals surface area contributed by atoms with Crippen molar-refractivity contribution in [1.82, 2.24) is 15.0 Å². The van der Waals surface area contributed by atoms with Gasteiger partial charge in [0, 0.05) is 50.3 Å². The molecule has 1 aromatic carbocycles. The smallest absolute Gasteiger partial charge is 0.259 e. The lowest BCUT2D eigenvalue weighted by Gasteiger charge is -2.37. The molecule has 2 atom stereocenters. The molecule has 9 heteroatoms. The molecule has 0 spiro atoms. The number of hydrogen-bond donors (Lipinski definition) is 1. The van der Waals surface area contributed by atoms with Crippen LogP contribution in [0.2, 0.25) is 0 Å². The molecule has 8 nitrogen and oxygen atoms in total. The van der Waals surface area contributed by atoms with Gasteiger partial charge in [0.2, 0.25) is 5.95 Å². The summed E-state index contributed by atoms with van der Waals surface area (Å²) in [6.07, 6.45) is 10.0. The van der Waals surface area contributed by atoms with Crippen molar-refractivity contribution in [3.8, 4) is 16.9 Å². The average Bonchev–Trinajstić information content (AvgIpc) is 2.80. The third-order valence-electron chi connectivity index (χ3n) is 6.10. The highest BCUT2D eigenvalue weighted by Crippen LogP contribution is 2.31. The van der Waals surface area contributed by atoms with Crippen LogP contribution >= 0.6 is 0 Å². The Balaban J connectivity index is 1.50. The molecule has 1 saturated heterocycles. The number of H-pyrrole nitrogens is 1. The molecule has 3 heterocycles. The average molecular weight is 483 g/mol. The number of rotatable bonds is 7. The lowest BCUT2D eigenvalue weighted by atomic mass is 10.0. The summed E-state index contributed by atoms with van der Waals surface area (Å²) in [5, 5.41) is 0. The zero-order valence-electron chi connectivity index (χ0n) is 19.7. The second-order valence-corrected chi connectivity index (χ2v) is 10.8. The van der Waals surface area contributed by atoms with Gasteiger partial charge in [-0.1, -0.05) is 25.5 Å². The molecule has 1 fully saturated rings. The molecule has 2 aromatic heterocycles. The summed E-state index contributed by atoms with van der Waals surface area (Å²) in [6.45, 7) is 5.01. The highest BCUT2D eigenvalue weighted by molar-refractivity contribution is 7.90. The number of ether oxygens (including phenoxy) is 1. The van der Waals surface area contributed by atoms with Crippen LogP contribution in [0.1, 0.15) is 38.7 Å². The van der Waals surface area contributed by atoms with Crippen molar-refractivity contribution in [1.29, 1.82) is 0 Å². The Bertz CT molecular complexity index is 1290. The van der Waals surface area contributed by atoms with E-state index >= 15 is 0 Å². The minimum absolute atomic E-state index is 0.0681. The Labute approximate surface area is 200 Å². The zero-order chi connectivity index (χ0) is 24.3. The minimum Gasteiger partial charge on any atom is -0.489 e. The number of nitrogens with one attached hydrogen (secondary N) is 1. The van der Waals surface area contributed by atoms with Gasteiger partial charge in [0.05, 0.1) is 10.5 Å². The van der Waals surface area contributed by atoms with E-state index < -0.39 is 9.84 Å². The maximum atomic E-state index is 12.7. The number of pyridine rings is 1. The van der Waals surface area contributed by atoms with E-state index in [2.05, 4.69) is 33.7 Å². The lowest BCUT2D eigenvalue weighted by Crippen LogP contribution is -2.45. The second kappa shape index (κ2) is 9.97. The first kappa shape index (κ1) is 23.9. The van der Waals surface area contributed by atoms with Crippen LogP contribution in [0.15, 0.2) is 58.6 Å². The Morgan fingerprint density at radius 2 is 1.85 bits per heavy atom.